The lowest BCUT2D eigenvalue weighted by Gasteiger charge is -2.43. The van der Waals surface area contributed by atoms with Gasteiger partial charge >= 0.3 is 0 Å². The van der Waals surface area contributed by atoms with E-state index in [1.165, 1.54) is 17.7 Å². The van der Waals surface area contributed by atoms with Crippen molar-refractivity contribution in [2.75, 3.05) is 0 Å². The molecule has 0 aromatic carbocycles. The van der Waals surface area contributed by atoms with Gasteiger partial charge in [-0.05, 0) is 29.7 Å². The smallest absolute Gasteiger partial charge is 0.0564 e. The zero-order chi connectivity index (χ0) is 11.1. The van der Waals surface area contributed by atoms with Crippen LogP contribution in [0.25, 0.3) is 0 Å². The van der Waals surface area contributed by atoms with Gasteiger partial charge in [-0.1, -0.05) is 38.3 Å². The van der Waals surface area contributed by atoms with Crippen LogP contribution in [0.5, 0.6) is 0 Å². The molecule has 1 aliphatic carbocycles. The second kappa shape index (κ2) is 4.08. The number of hydrogen-bond acceptors (Lipinski definition) is 2. The molecule has 0 radical (unpaired) electrons. The summed E-state index contributed by atoms with van der Waals surface area (Å²) in [6.45, 7) is 4.56. The Hall–Kier alpha value is -0.0500. The van der Waals surface area contributed by atoms with Crippen LogP contribution >= 0.6 is 22.9 Å². The lowest BCUT2D eigenvalue weighted by atomic mass is 9.68. The van der Waals surface area contributed by atoms with Crippen LogP contribution in [0.15, 0.2) is 11.4 Å². The first-order valence-corrected chi connectivity index (χ1v) is 6.84. The van der Waals surface area contributed by atoms with Crippen LogP contribution in [0, 0.1) is 11.8 Å². The quantitative estimate of drug-likeness (QED) is 0.793. The van der Waals surface area contributed by atoms with Crippen molar-refractivity contribution in [2.24, 2.45) is 17.6 Å². The summed E-state index contributed by atoms with van der Waals surface area (Å²) >= 11 is 7.91. The predicted octanol–water partition coefficient (Wildman–Crippen LogP) is 4.01. The molecule has 0 aliphatic heterocycles. The fourth-order valence-electron chi connectivity index (χ4n) is 2.65. The Labute approximate surface area is 101 Å². The van der Waals surface area contributed by atoms with E-state index in [2.05, 4.69) is 13.8 Å². The maximum atomic E-state index is 6.59. The first-order valence-electron chi connectivity index (χ1n) is 5.58. The minimum atomic E-state index is -0.192. The van der Waals surface area contributed by atoms with Crippen LogP contribution < -0.4 is 5.73 Å². The minimum absolute atomic E-state index is 0.192. The van der Waals surface area contributed by atoms with Crippen molar-refractivity contribution in [3.05, 3.63) is 21.3 Å². The van der Waals surface area contributed by atoms with Crippen molar-refractivity contribution in [3.8, 4) is 0 Å². The molecule has 1 heterocycles. The summed E-state index contributed by atoms with van der Waals surface area (Å²) in [6, 6.07) is 1.96. The van der Waals surface area contributed by atoms with Crippen LogP contribution in [-0.2, 0) is 5.54 Å². The zero-order valence-electron chi connectivity index (χ0n) is 9.29. The Bertz CT molecular complexity index is 349. The zero-order valence-corrected chi connectivity index (χ0v) is 10.9. The second-order valence-electron chi connectivity index (χ2n) is 4.80. The van der Waals surface area contributed by atoms with Crippen LogP contribution in [0.2, 0.25) is 5.02 Å². The molecular formula is C12H18ClNS. The highest BCUT2D eigenvalue weighted by Gasteiger charge is 2.41. The predicted molar refractivity (Wildman–Crippen MR) is 67.4 cm³/mol. The third-order valence-corrected chi connectivity index (χ3v) is 5.49. The average molecular weight is 244 g/mol. The first-order chi connectivity index (χ1) is 7.05. The Morgan fingerprint density at radius 1 is 1.53 bits per heavy atom. The van der Waals surface area contributed by atoms with E-state index >= 15 is 0 Å². The molecule has 1 aliphatic rings. The van der Waals surface area contributed by atoms with E-state index in [9.17, 15) is 0 Å². The van der Waals surface area contributed by atoms with Crippen LogP contribution in [0.3, 0.4) is 0 Å². The molecule has 3 heteroatoms. The number of hydrogen-bond donors (Lipinski definition) is 1. The summed E-state index contributed by atoms with van der Waals surface area (Å²) in [5, 5.41) is 2.89. The highest BCUT2D eigenvalue weighted by molar-refractivity contribution is 7.10. The number of nitrogens with two attached hydrogens (primary N) is 1. The fraction of sp³-hybridized carbons (Fsp3) is 0.667. The monoisotopic (exact) mass is 243 g/mol. The number of thiophene rings is 1. The minimum Gasteiger partial charge on any atom is -0.320 e. The number of rotatable bonds is 1. The summed E-state index contributed by atoms with van der Waals surface area (Å²) in [5.74, 6) is 1.21. The second-order valence-corrected chi connectivity index (χ2v) is 6.12. The van der Waals surface area contributed by atoms with Crippen molar-refractivity contribution in [1.29, 1.82) is 0 Å². The lowest BCUT2D eigenvalue weighted by molar-refractivity contribution is 0.147. The summed E-state index contributed by atoms with van der Waals surface area (Å²) in [4.78, 5) is 1.18. The summed E-state index contributed by atoms with van der Waals surface area (Å²) in [5.41, 5.74) is 6.39. The molecule has 1 nitrogen and oxygen atoms in total. The van der Waals surface area contributed by atoms with Gasteiger partial charge in [0, 0.05) is 4.88 Å². The van der Waals surface area contributed by atoms with Gasteiger partial charge in [-0.2, -0.15) is 0 Å². The van der Waals surface area contributed by atoms with E-state index in [1.807, 2.05) is 11.4 Å². The summed E-state index contributed by atoms with van der Waals surface area (Å²) in [7, 11) is 0. The molecule has 0 spiro atoms. The van der Waals surface area contributed by atoms with Crippen molar-refractivity contribution in [1.82, 2.24) is 0 Å². The molecule has 0 amide bonds. The summed E-state index contributed by atoms with van der Waals surface area (Å²) in [6.07, 6.45) is 3.58. The van der Waals surface area contributed by atoms with E-state index < -0.39 is 0 Å². The molecular weight excluding hydrogens is 226 g/mol. The molecule has 2 rings (SSSR count). The molecule has 3 unspecified atom stereocenters. The molecule has 2 N–H and O–H groups in total. The molecule has 3 atom stereocenters. The van der Waals surface area contributed by atoms with E-state index in [0.29, 0.717) is 11.8 Å². The van der Waals surface area contributed by atoms with E-state index in [4.69, 9.17) is 17.3 Å². The number of halogens is 1. The van der Waals surface area contributed by atoms with Gasteiger partial charge in [-0.3, -0.25) is 0 Å². The van der Waals surface area contributed by atoms with Crippen LogP contribution in [0.4, 0.5) is 0 Å². The van der Waals surface area contributed by atoms with Crippen molar-refractivity contribution < 1.29 is 0 Å². The third kappa shape index (κ3) is 1.83. The SMILES string of the molecule is CC1CCCC(N)(c2sccc2Cl)C1C. The Morgan fingerprint density at radius 3 is 2.87 bits per heavy atom. The van der Waals surface area contributed by atoms with Gasteiger partial charge in [0.1, 0.15) is 0 Å². The molecule has 1 saturated carbocycles. The van der Waals surface area contributed by atoms with E-state index in [-0.39, 0.29) is 5.54 Å². The largest absolute Gasteiger partial charge is 0.320 e. The average Bonchev–Trinajstić information content (AvgIpc) is 2.61. The van der Waals surface area contributed by atoms with Crippen molar-refractivity contribution in [3.63, 3.8) is 0 Å². The maximum absolute atomic E-state index is 6.59. The molecule has 1 aromatic rings. The van der Waals surface area contributed by atoms with Crippen molar-refractivity contribution in [2.45, 2.75) is 38.6 Å². The van der Waals surface area contributed by atoms with E-state index in [1.54, 1.807) is 11.3 Å². The molecule has 84 valence electrons. The highest BCUT2D eigenvalue weighted by Crippen LogP contribution is 2.46. The Kier molecular flexibility index (Phi) is 3.11. The van der Waals surface area contributed by atoms with Gasteiger partial charge in [0.2, 0.25) is 0 Å². The topological polar surface area (TPSA) is 26.0 Å². The van der Waals surface area contributed by atoms with Crippen molar-refractivity contribution >= 4 is 22.9 Å². The van der Waals surface area contributed by atoms with Gasteiger partial charge in [0.05, 0.1) is 10.6 Å². The molecule has 15 heavy (non-hydrogen) atoms. The van der Waals surface area contributed by atoms with Gasteiger partial charge in [0.25, 0.3) is 0 Å². The third-order valence-electron chi connectivity index (χ3n) is 3.96. The van der Waals surface area contributed by atoms with E-state index in [0.717, 1.165) is 11.4 Å². The standard InChI is InChI=1S/C12H18ClNS/c1-8-4-3-6-12(14,9(8)2)11-10(13)5-7-15-11/h5,7-9H,3-4,6,14H2,1-2H3. The maximum Gasteiger partial charge on any atom is 0.0564 e. The van der Waals surface area contributed by atoms with Gasteiger partial charge in [-0.25, -0.2) is 0 Å². The molecule has 1 fully saturated rings. The Balaban J connectivity index is 2.36. The van der Waals surface area contributed by atoms with Crippen LogP contribution in [0.1, 0.15) is 38.0 Å². The van der Waals surface area contributed by atoms with Gasteiger partial charge in [0.15, 0.2) is 0 Å². The molecule has 0 saturated heterocycles. The highest BCUT2D eigenvalue weighted by atomic mass is 35.5. The Morgan fingerprint density at radius 2 is 2.27 bits per heavy atom. The summed E-state index contributed by atoms with van der Waals surface area (Å²) < 4.78 is 0. The molecule has 1 aromatic heterocycles. The lowest BCUT2D eigenvalue weighted by Crippen LogP contribution is -2.47. The fourth-order valence-corrected chi connectivity index (χ4v) is 4.12. The van der Waals surface area contributed by atoms with Gasteiger partial charge < -0.3 is 5.73 Å². The van der Waals surface area contributed by atoms with Gasteiger partial charge in [-0.15, -0.1) is 11.3 Å². The van der Waals surface area contributed by atoms with Crippen LogP contribution in [-0.4, -0.2) is 0 Å². The molecule has 0 bridgehead atoms. The first kappa shape index (κ1) is 11.4. The normalized spacial score (nSPS) is 36.8.